The number of hydrogen-bond acceptors (Lipinski definition) is 7. The molecule has 3 fully saturated rings. The summed E-state index contributed by atoms with van der Waals surface area (Å²) in [6.07, 6.45) is 5.30. The number of aliphatic hydroxyl groups excluding tert-OH is 1. The molecule has 2 N–H and O–H groups in total. The minimum atomic E-state index is -1.29. The number of amides is 3. The van der Waals surface area contributed by atoms with Crippen LogP contribution in [0.25, 0.3) is 0 Å². The van der Waals surface area contributed by atoms with Gasteiger partial charge in [0.15, 0.2) is 0 Å². The summed E-state index contributed by atoms with van der Waals surface area (Å²) in [5.74, 6) is -3.38. The molecule has 10 nitrogen and oxygen atoms in total. The van der Waals surface area contributed by atoms with Crippen molar-refractivity contribution in [1.82, 2.24) is 10.2 Å². The summed E-state index contributed by atoms with van der Waals surface area (Å²) in [7, 11) is 0. The number of aliphatic hydroxyl groups is 1. The maximum atomic E-state index is 14.8. The number of allylic oxidation sites excluding steroid dienone is 1. The molecule has 0 aromatic heterocycles. The third-order valence-electron chi connectivity index (χ3n) is 9.59. The molecule has 262 valence electrons. The quantitative estimate of drug-likeness (QED) is 0.0993. The van der Waals surface area contributed by atoms with Crippen molar-refractivity contribution < 1.29 is 33.8 Å². The van der Waals surface area contributed by atoms with Gasteiger partial charge in [-0.2, -0.15) is 0 Å². The minimum absolute atomic E-state index is 0.0208. The van der Waals surface area contributed by atoms with Gasteiger partial charge in [-0.1, -0.05) is 82.1 Å². The largest absolute Gasteiger partial charge is 0.463 e. The van der Waals surface area contributed by atoms with Crippen molar-refractivity contribution in [3.8, 4) is 0 Å². The number of hydrogen-bond donors (Lipinski definition) is 2. The van der Waals surface area contributed by atoms with E-state index in [2.05, 4.69) is 34.4 Å². The van der Waals surface area contributed by atoms with Gasteiger partial charge >= 0.3 is 5.97 Å². The Bertz CT molecular complexity index is 1540. The predicted octanol–water partition coefficient (Wildman–Crippen LogP) is 5.14. The molecule has 1 spiro atoms. The number of halogens is 2. The van der Waals surface area contributed by atoms with Gasteiger partial charge < -0.3 is 29.7 Å². The molecule has 3 heterocycles. The topological polar surface area (TPSA) is 125 Å². The fourth-order valence-corrected chi connectivity index (χ4v) is 8.60. The summed E-state index contributed by atoms with van der Waals surface area (Å²) in [4.78, 5) is 58.8. The number of nitrogens with one attached hydrogen (secondary N) is 1. The van der Waals surface area contributed by atoms with Crippen LogP contribution in [0.5, 0.6) is 0 Å². The Labute approximate surface area is 300 Å². The average Bonchev–Trinajstić information content (AvgIpc) is 3.70. The van der Waals surface area contributed by atoms with E-state index in [0.29, 0.717) is 42.8 Å². The van der Waals surface area contributed by atoms with E-state index in [1.807, 2.05) is 30.3 Å². The van der Waals surface area contributed by atoms with Gasteiger partial charge in [0.1, 0.15) is 18.2 Å². The number of nitrogens with zero attached hydrogens (tertiary/aromatic N) is 2. The number of carbonyl (C=O) groups is 4. The van der Waals surface area contributed by atoms with Crippen LogP contribution in [0.15, 0.2) is 79.9 Å². The molecular weight excluding hydrogens is 714 g/mol. The van der Waals surface area contributed by atoms with E-state index in [-0.39, 0.29) is 49.4 Å². The third kappa shape index (κ3) is 7.50. The maximum absolute atomic E-state index is 14.8. The Morgan fingerprint density at radius 1 is 1.12 bits per heavy atom. The second kappa shape index (κ2) is 16.5. The van der Waals surface area contributed by atoms with E-state index in [9.17, 15) is 24.3 Å². The minimum Gasteiger partial charge on any atom is -0.463 e. The molecule has 3 saturated heterocycles. The van der Waals surface area contributed by atoms with E-state index in [1.54, 1.807) is 41.3 Å². The van der Waals surface area contributed by atoms with Crippen LogP contribution >= 0.6 is 27.5 Å². The van der Waals surface area contributed by atoms with E-state index in [4.69, 9.17) is 21.1 Å². The summed E-state index contributed by atoms with van der Waals surface area (Å²) >= 11 is 10.3. The van der Waals surface area contributed by atoms with Gasteiger partial charge in [0.2, 0.25) is 11.8 Å². The molecule has 5 rings (SSSR count). The molecule has 3 aliphatic heterocycles. The summed E-state index contributed by atoms with van der Waals surface area (Å²) < 4.78 is 12.2. The van der Waals surface area contributed by atoms with E-state index >= 15 is 0 Å². The lowest BCUT2D eigenvalue weighted by molar-refractivity contribution is -0.145. The smallest absolute Gasteiger partial charge is 0.306 e. The van der Waals surface area contributed by atoms with Crippen molar-refractivity contribution in [1.29, 1.82) is 0 Å². The first-order valence-electron chi connectivity index (χ1n) is 16.7. The molecule has 2 aromatic carbocycles. The van der Waals surface area contributed by atoms with Gasteiger partial charge in [0.25, 0.3) is 5.91 Å². The molecule has 49 heavy (non-hydrogen) atoms. The molecule has 3 amide bonds. The molecule has 3 aliphatic rings. The third-order valence-corrected chi connectivity index (χ3v) is 10.8. The number of alkyl halides is 1. The Morgan fingerprint density at radius 2 is 1.86 bits per heavy atom. The number of esters is 1. The van der Waals surface area contributed by atoms with E-state index in [1.165, 1.54) is 4.90 Å². The number of benzene rings is 2. The zero-order valence-electron chi connectivity index (χ0n) is 27.3. The lowest BCUT2D eigenvalue weighted by atomic mass is 9.70. The number of ether oxygens (including phenoxy) is 2. The van der Waals surface area contributed by atoms with E-state index in [0.717, 1.165) is 5.56 Å². The fourth-order valence-electron chi connectivity index (χ4n) is 7.42. The molecule has 0 radical (unpaired) electrons. The Morgan fingerprint density at radius 3 is 2.55 bits per heavy atom. The van der Waals surface area contributed by atoms with Gasteiger partial charge in [0.05, 0.1) is 34.7 Å². The summed E-state index contributed by atoms with van der Waals surface area (Å²) in [6.45, 7) is 7.81. The van der Waals surface area contributed by atoms with Crippen LogP contribution in [-0.4, -0.2) is 82.6 Å². The standard InChI is InChI=1S/C37H43BrClN3O7/c1-3-5-18-29(44)48-23-27(24-14-8-6-9-15-24)40-34(45)30-31-35(46)42(20-12-7-13-21-43)33(37(31)22-25(38)32(30)49-37)36(47)41(19-4-2)28-17-11-10-16-26(28)39/h3-4,6,8-11,14-17,25,27,30-33,43H,1-2,5,7,12-13,18-23H2,(H,40,45)/t25?,27-,30+,31-,32+,33+,37-/m0/s1. The van der Waals surface area contributed by atoms with E-state index < -0.39 is 47.5 Å². The molecule has 2 aromatic rings. The lowest BCUT2D eigenvalue weighted by Crippen LogP contribution is -2.57. The highest BCUT2D eigenvalue weighted by Gasteiger charge is 2.76. The number of likely N-dealkylation sites (tertiary alicyclic amines) is 1. The zero-order valence-corrected chi connectivity index (χ0v) is 29.7. The highest BCUT2D eigenvalue weighted by molar-refractivity contribution is 9.09. The average molecular weight is 757 g/mol. The second-order valence-electron chi connectivity index (χ2n) is 12.7. The summed E-state index contributed by atoms with van der Waals surface area (Å²) in [5.41, 5.74) is -0.0728. The van der Waals surface area contributed by atoms with Gasteiger partial charge in [-0.25, -0.2) is 0 Å². The first-order valence-corrected chi connectivity index (χ1v) is 18.0. The van der Waals surface area contributed by atoms with Gasteiger partial charge in [0, 0.05) is 30.9 Å². The van der Waals surface area contributed by atoms with Gasteiger partial charge in [-0.05, 0) is 49.8 Å². The van der Waals surface area contributed by atoms with Gasteiger partial charge in [-0.3, -0.25) is 19.2 Å². The number of unbranched alkanes of at least 4 members (excludes halogenated alkanes) is 2. The highest BCUT2D eigenvalue weighted by Crippen LogP contribution is 2.60. The van der Waals surface area contributed by atoms with Crippen molar-refractivity contribution >= 4 is 56.9 Å². The van der Waals surface area contributed by atoms with Crippen LogP contribution in [-0.2, 0) is 28.7 Å². The van der Waals surface area contributed by atoms with Crippen LogP contribution in [0, 0.1) is 11.8 Å². The van der Waals surface area contributed by atoms with Gasteiger partial charge in [-0.15, -0.1) is 13.2 Å². The molecule has 0 saturated carbocycles. The molecule has 2 bridgehead atoms. The number of fused-ring (bicyclic) bond motifs is 1. The summed E-state index contributed by atoms with van der Waals surface area (Å²) in [6, 6.07) is 14.5. The van der Waals surface area contributed by atoms with Crippen molar-refractivity contribution in [2.45, 2.75) is 67.1 Å². The van der Waals surface area contributed by atoms with Crippen LogP contribution in [0.4, 0.5) is 5.69 Å². The number of carbonyl (C=O) groups excluding carboxylic acids is 4. The molecule has 12 heteroatoms. The maximum Gasteiger partial charge on any atom is 0.306 e. The van der Waals surface area contributed by atoms with Crippen LogP contribution < -0.4 is 10.2 Å². The van der Waals surface area contributed by atoms with Crippen molar-refractivity contribution in [2.24, 2.45) is 11.8 Å². The second-order valence-corrected chi connectivity index (χ2v) is 14.2. The number of rotatable bonds is 17. The Hall–Kier alpha value is -3.51. The first kappa shape index (κ1) is 36.8. The van der Waals surface area contributed by atoms with Crippen LogP contribution in [0.2, 0.25) is 5.02 Å². The van der Waals surface area contributed by atoms with Crippen molar-refractivity contribution in [3.05, 3.63) is 90.5 Å². The van der Waals surface area contributed by atoms with Crippen LogP contribution in [0.1, 0.15) is 50.1 Å². The normalized spacial score (nSPS) is 25.8. The molecule has 1 unspecified atom stereocenters. The Kier molecular flexibility index (Phi) is 12.4. The van der Waals surface area contributed by atoms with Crippen LogP contribution in [0.3, 0.4) is 0 Å². The number of para-hydroxylation sites is 1. The highest BCUT2D eigenvalue weighted by atomic mass is 79.9. The lowest BCUT2D eigenvalue weighted by Gasteiger charge is -2.37. The zero-order chi connectivity index (χ0) is 35.1. The molecule has 0 aliphatic carbocycles. The SMILES string of the molecule is C=CCCC(=O)OC[C@H](NC(=O)[C@H]1[C@@H]2O[C@@]3(CC2Br)[C@@H]1C(=O)N(CCCCCO)[C@@H]3C(=O)N(CC=C)c1ccccc1Cl)c1ccccc1. The molecule has 7 atom stereocenters. The fraction of sp³-hybridized carbons (Fsp3) is 0.459. The van der Waals surface area contributed by atoms with Crippen molar-refractivity contribution in [3.63, 3.8) is 0 Å². The first-order chi connectivity index (χ1) is 23.7. The Balaban J connectivity index is 1.48. The number of anilines is 1. The predicted molar refractivity (Wildman–Crippen MR) is 190 cm³/mol. The summed E-state index contributed by atoms with van der Waals surface area (Å²) in [5, 5.41) is 12.8. The monoisotopic (exact) mass is 755 g/mol. The van der Waals surface area contributed by atoms with Crippen molar-refractivity contribution in [2.75, 3.05) is 31.2 Å². The molecular formula is C37H43BrClN3O7.